The third kappa shape index (κ3) is 3.81. The van der Waals surface area contributed by atoms with E-state index in [1.807, 2.05) is 17.0 Å². The van der Waals surface area contributed by atoms with E-state index in [2.05, 4.69) is 30.9 Å². The third-order valence-corrected chi connectivity index (χ3v) is 5.67. The minimum atomic E-state index is 0.137. The highest BCUT2D eigenvalue weighted by Crippen LogP contribution is 2.28. The summed E-state index contributed by atoms with van der Waals surface area (Å²) < 4.78 is 0. The van der Waals surface area contributed by atoms with Crippen LogP contribution in [0.4, 0.5) is 0 Å². The van der Waals surface area contributed by atoms with E-state index >= 15 is 0 Å². The Hall–Kier alpha value is -1.39. The van der Waals surface area contributed by atoms with E-state index in [4.69, 9.17) is 5.73 Å². The smallest absolute Gasteiger partial charge is 0.254 e. The summed E-state index contributed by atoms with van der Waals surface area (Å²) in [5.74, 6) is 0.627. The molecular weight excluding hydrogens is 298 g/mol. The van der Waals surface area contributed by atoms with Gasteiger partial charge in [0.25, 0.3) is 5.91 Å². The molecule has 1 aliphatic heterocycles. The van der Waals surface area contributed by atoms with Crippen molar-refractivity contribution in [3.8, 4) is 0 Å². The number of rotatable bonds is 6. The first kappa shape index (κ1) is 17.4. The number of amides is 1. The largest absolute Gasteiger partial charge is 0.334 e. The van der Waals surface area contributed by atoms with E-state index in [9.17, 15) is 4.79 Å². The normalized spacial score (nSPS) is 24.4. The number of piperidine rings is 1. The second-order valence-corrected chi connectivity index (χ2v) is 7.41. The number of carbonyl (C=O) groups excluding carboxylic acids is 1. The molecule has 4 nitrogen and oxygen atoms in total. The zero-order chi connectivity index (χ0) is 17.1. The van der Waals surface area contributed by atoms with E-state index in [1.54, 1.807) is 0 Å². The molecule has 132 valence electrons. The Balaban J connectivity index is 1.66. The molecule has 2 unspecified atom stereocenters. The highest BCUT2D eigenvalue weighted by molar-refractivity contribution is 5.94. The van der Waals surface area contributed by atoms with Crippen LogP contribution >= 0.6 is 0 Å². The van der Waals surface area contributed by atoms with Crippen molar-refractivity contribution in [2.24, 2.45) is 11.7 Å². The average molecular weight is 329 g/mol. The predicted molar refractivity (Wildman–Crippen MR) is 97.8 cm³/mol. The van der Waals surface area contributed by atoms with Crippen molar-refractivity contribution in [1.29, 1.82) is 0 Å². The maximum absolute atomic E-state index is 12.9. The van der Waals surface area contributed by atoms with Crippen LogP contribution in [0.1, 0.15) is 55.5 Å². The van der Waals surface area contributed by atoms with Gasteiger partial charge < -0.3 is 10.6 Å². The molecule has 2 atom stereocenters. The monoisotopic (exact) mass is 329 g/mol. The molecule has 1 saturated heterocycles. The first-order valence-corrected chi connectivity index (χ1v) is 9.48. The standard InChI is InChI=1S/C20H31N3O/c1-3-22(18-10-11-18)14-16-6-8-17(9-7-16)20(24)23-12-4-5-15(2)19(23)13-21/h6-9,15,18-19H,3-5,10-14,21H2,1-2H3. The number of likely N-dealkylation sites (tertiary alicyclic amines) is 1. The molecule has 1 saturated carbocycles. The highest BCUT2D eigenvalue weighted by atomic mass is 16.2. The van der Waals surface area contributed by atoms with Gasteiger partial charge in [0.15, 0.2) is 0 Å². The molecule has 0 aromatic heterocycles. The first-order valence-electron chi connectivity index (χ1n) is 9.48. The number of nitrogens with two attached hydrogens (primary N) is 1. The molecular formula is C20H31N3O. The van der Waals surface area contributed by atoms with Crippen molar-refractivity contribution in [3.63, 3.8) is 0 Å². The van der Waals surface area contributed by atoms with E-state index in [1.165, 1.54) is 24.8 Å². The second-order valence-electron chi connectivity index (χ2n) is 7.41. The van der Waals surface area contributed by atoms with Crippen LogP contribution in [0.5, 0.6) is 0 Å². The maximum atomic E-state index is 12.9. The van der Waals surface area contributed by atoms with Gasteiger partial charge in [-0.25, -0.2) is 0 Å². The van der Waals surface area contributed by atoms with Crippen molar-refractivity contribution >= 4 is 5.91 Å². The Bertz CT molecular complexity index is 553. The van der Waals surface area contributed by atoms with Gasteiger partial charge in [-0.2, -0.15) is 0 Å². The molecule has 0 spiro atoms. The lowest BCUT2D eigenvalue weighted by Crippen LogP contribution is -2.51. The van der Waals surface area contributed by atoms with E-state index in [0.717, 1.165) is 37.7 Å². The minimum absolute atomic E-state index is 0.137. The highest BCUT2D eigenvalue weighted by Gasteiger charge is 2.31. The Labute approximate surface area is 146 Å². The molecule has 3 rings (SSSR count). The molecule has 1 amide bonds. The predicted octanol–water partition coefficient (Wildman–Crippen LogP) is 2.87. The molecule has 0 radical (unpaired) electrons. The van der Waals surface area contributed by atoms with E-state index in [-0.39, 0.29) is 11.9 Å². The lowest BCUT2D eigenvalue weighted by molar-refractivity contribution is 0.0532. The van der Waals surface area contributed by atoms with Crippen LogP contribution in [0.3, 0.4) is 0 Å². The van der Waals surface area contributed by atoms with Crippen molar-refractivity contribution in [3.05, 3.63) is 35.4 Å². The topological polar surface area (TPSA) is 49.6 Å². The average Bonchev–Trinajstić information content (AvgIpc) is 3.44. The van der Waals surface area contributed by atoms with Gasteiger partial charge >= 0.3 is 0 Å². The first-order chi connectivity index (χ1) is 11.6. The fourth-order valence-electron chi connectivity index (χ4n) is 3.95. The molecule has 4 heteroatoms. The lowest BCUT2D eigenvalue weighted by atomic mass is 9.90. The van der Waals surface area contributed by atoms with Gasteiger partial charge in [0, 0.05) is 37.3 Å². The van der Waals surface area contributed by atoms with Gasteiger partial charge in [-0.3, -0.25) is 9.69 Å². The van der Waals surface area contributed by atoms with E-state index in [0.29, 0.717) is 12.5 Å². The van der Waals surface area contributed by atoms with Crippen LogP contribution < -0.4 is 5.73 Å². The van der Waals surface area contributed by atoms with Gasteiger partial charge in [-0.15, -0.1) is 0 Å². The van der Waals surface area contributed by atoms with Crippen molar-refractivity contribution in [1.82, 2.24) is 9.80 Å². The summed E-state index contributed by atoms with van der Waals surface area (Å²) >= 11 is 0. The lowest BCUT2D eigenvalue weighted by Gasteiger charge is -2.39. The summed E-state index contributed by atoms with van der Waals surface area (Å²) in [5, 5.41) is 0. The van der Waals surface area contributed by atoms with Crippen LogP contribution in [0, 0.1) is 5.92 Å². The zero-order valence-corrected chi connectivity index (χ0v) is 15.1. The number of benzene rings is 1. The Morgan fingerprint density at radius 3 is 2.54 bits per heavy atom. The molecule has 2 fully saturated rings. The maximum Gasteiger partial charge on any atom is 0.254 e. The SMILES string of the molecule is CCN(Cc1ccc(C(=O)N2CCCC(C)C2CN)cc1)C1CC1. The van der Waals surface area contributed by atoms with Crippen molar-refractivity contribution in [2.75, 3.05) is 19.6 Å². The van der Waals surface area contributed by atoms with Gasteiger partial charge in [0.2, 0.25) is 0 Å². The third-order valence-electron chi connectivity index (χ3n) is 5.67. The molecule has 1 heterocycles. The molecule has 1 aromatic carbocycles. The van der Waals surface area contributed by atoms with Crippen LogP contribution in [0.25, 0.3) is 0 Å². The fraction of sp³-hybridized carbons (Fsp3) is 0.650. The van der Waals surface area contributed by atoms with E-state index < -0.39 is 0 Å². The van der Waals surface area contributed by atoms with Gasteiger partial charge in [-0.1, -0.05) is 26.0 Å². The van der Waals surface area contributed by atoms with Crippen LogP contribution in [-0.4, -0.2) is 47.4 Å². The second kappa shape index (κ2) is 7.66. The van der Waals surface area contributed by atoms with Gasteiger partial charge in [-0.05, 0) is 55.8 Å². The van der Waals surface area contributed by atoms with Crippen molar-refractivity contribution < 1.29 is 4.79 Å². The summed E-state index contributed by atoms with van der Waals surface area (Å²) in [4.78, 5) is 17.4. The van der Waals surface area contributed by atoms with Gasteiger partial charge in [0.1, 0.15) is 0 Å². The molecule has 2 aliphatic rings. The Morgan fingerprint density at radius 2 is 1.96 bits per heavy atom. The number of nitrogens with zero attached hydrogens (tertiary/aromatic N) is 2. The molecule has 1 aliphatic carbocycles. The number of carbonyl (C=O) groups is 1. The number of hydrogen-bond acceptors (Lipinski definition) is 3. The van der Waals surface area contributed by atoms with Gasteiger partial charge in [0.05, 0.1) is 0 Å². The zero-order valence-electron chi connectivity index (χ0n) is 15.1. The fourth-order valence-corrected chi connectivity index (χ4v) is 3.95. The summed E-state index contributed by atoms with van der Waals surface area (Å²) in [7, 11) is 0. The Morgan fingerprint density at radius 1 is 1.25 bits per heavy atom. The molecule has 2 N–H and O–H groups in total. The van der Waals surface area contributed by atoms with Crippen LogP contribution in [0.2, 0.25) is 0 Å². The van der Waals surface area contributed by atoms with Crippen molar-refractivity contribution in [2.45, 2.75) is 58.2 Å². The molecule has 1 aromatic rings. The van der Waals surface area contributed by atoms with Crippen LogP contribution in [0.15, 0.2) is 24.3 Å². The summed E-state index contributed by atoms with van der Waals surface area (Å²) in [6.07, 6.45) is 4.91. The minimum Gasteiger partial charge on any atom is -0.334 e. The Kier molecular flexibility index (Phi) is 5.57. The summed E-state index contributed by atoms with van der Waals surface area (Å²) in [6.45, 7) is 7.89. The quantitative estimate of drug-likeness (QED) is 0.873. The summed E-state index contributed by atoms with van der Waals surface area (Å²) in [6, 6.07) is 9.16. The van der Waals surface area contributed by atoms with Crippen LogP contribution in [-0.2, 0) is 6.54 Å². The summed E-state index contributed by atoms with van der Waals surface area (Å²) in [5.41, 5.74) is 8.02. The number of hydrogen-bond donors (Lipinski definition) is 1. The molecule has 0 bridgehead atoms. The molecule has 24 heavy (non-hydrogen) atoms.